The maximum atomic E-state index is 11.4. The van der Waals surface area contributed by atoms with Gasteiger partial charge in [-0.05, 0) is 0 Å². The van der Waals surface area contributed by atoms with Crippen LogP contribution in [-0.4, -0.2) is 11.3 Å². The fourth-order valence-electron chi connectivity index (χ4n) is 0.135. The molecule has 2 unspecified atom stereocenters. The third-order valence-corrected chi connectivity index (χ3v) is 0.713. The Morgan fingerprint density at radius 1 is 1.14 bits per heavy atom. The maximum absolute atomic E-state index is 11.4. The van der Waals surface area contributed by atoms with Crippen LogP contribution in [0.2, 0.25) is 0 Å². The number of hydrogen-bond donors (Lipinski definition) is 0. The van der Waals surface area contributed by atoms with Gasteiger partial charge in [-0.3, -0.25) is 0 Å². The number of rotatable bonds is 2. The van der Waals surface area contributed by atoms with Gasteiger partial charge in [0, 0.05) is 6.42 Å². The zero-order chi connectivity index (χ0) is 5.86. The molecule has 0 aromatic heterocycles. The van der Waals surface area contributed by atoms with E-state index >= 15 is 0 Å². The van der Waals surface area contributed by atoms with E-state index in [1.807, 2.05) is 0 Å². The van der Waals surface area contributed by atoms with Crippen LogP contribution in [0.15, 0.2) is 0 Å². The quantitative estimate of drug-likeness (QED) is 0.529. The molecule has 0 nitrogen and oxygen atoms in total. The second kappa shape index (κ2) is 3.44. The Labute approximate surface area is 50.4 Å². The van der Waals surface area contributed by atoms with Gasteiger partial charge in [0.25, 0.3) is 0 Å². The SMILES string of the molecule is FC(Cl)CC(F)Cl. The Bertz CT molecular complexity index is 40.2. The second-order valence-corrected chi connectivity index (χ2v) is 1.97. The molecule has 0 radical (unpaired) electrons. The summed E-state index contributed by atoms with van der Waals surface area (Å²) >= 11 is 9.36. The lowest BCUT2D eigenvalue weighted by molar-refractivity contribution is 0.336. The first-order valence-corrected chi connectivity index (χ1v) is 2.56. The van der Waals surface area contributed by atoms with Gasteiger partial charge in [-0.25, -0.2) is 8.78 Å². The molecule has 2 atom stereocenters. The summed E-state index contributed by atoms with van der Waals surface area (Å²) in [6.07, 6.45) is -0.441. The van der Waals surface area contributed by atoms with Crippen molar-refractivity contribution >= 4 is 23.2 Å². The van der Waals surface area contributed by atoms with E-state index < -0.39 is 17.7 Å². The van der Waals surface area contributed by atoms with Crippen molar-refractivity contribution in [2.24, 2.45) is 0 Å². The van der Waals surface area contributed by atoms with Crippen LogP contribution >= 0.6 is 23.2 Å². The minimum absolute atomic E-state index is 0.441. The predicted molar refractivity (Wildman–Crippen MR) is 26.1 cm³/mol. The number of hydrogen-bond acceptors (Lipinski definition) is 0. The molecule has 44 valence electrons. The number of halogens is 4. The van der Waals surface area contributed by atoms with E-state index in [0.29, 0.717) is 0 Å². The van der Waals surface area contributed by atoms with E-state index in [2.05, 4.69) is 23.2 Å². The van der Waals surface area contributed by atoms with E-state index in [1.54, 1.807) is 0 Å². The molecule has 0 fully saturated rings. The van der Waals surface area contributed by atoms with Crippen LogP contribution < -0.4 is 0 Å². The molecule has 0 aliphatic heterocycles. The molecule has 0 bridgehead atoms. The molecule has 4 heteroatoms. The standard InChI is InChI=1S/C3H4Cl2F2/c4-2(6)1-3(5)7/h2-3H,1H2. The molecule has 0 aromatic rings. The fraction of sp³-hybridized carbons (Fsp3) is 1.00. The Hall–Kier alpha value is 0.440. The molecule has 7 heavy (non-hydrogen) atoms. The minimum Gasteiger partial charge on any atom is -0.230 e. The third kappa shape index (κ3) is 6.44. The van der Waals surface area contributed by atoms with Crippen LogP contribution in [0.25, 0.3) is 0 Å². The largest absolute Gasteiger partial charge is 0.230 e. The molecule has 0 heterocycles. The molecule has 0 aliphatic rings. The summed E-state index contributed by atoms with van der Waals surface area (Å²) in [4.78, 5) is 0. The molecule has 0 aliphatic carbocycles. The Morgan fingerprint density at radius 3 is 1.43 bits per heavy atom. The fourth-order valence-corrected chi connectivity index (χ4v) is 0.539. The van der Waals surface area contributed by atoms with E-state index in [4.69, 9.17) is 0 Å². The van der Waals surface area contributed by atoms with Gasteiger partial charge in [-0.1, -0.05) is 23.2 Å². The van der Waals surface area contributed by atoms with E-state index in [0.717, 1.165) is 0 Å². The molecular weight excluding hydrogens is 145 g/mol. The molecule has 0 spiro atoms. The first-order chi connectivity index (χ1) is 3.13. The van der Waals surface area contributed by atoms with E-state index in [1.165, 1.54) is 0 Å². The van der Waals surface area contributed by atoms with Crippen molar-refractivity contribution in [3.63, 3.8) is 0 Å². The highest BCUT2D eigenvalue weighted by Crippen LogP contribution is 2.11. The van der Waals surface area contributed by atoms with Crippen molar-refractivity contribution in [3.8, 4) is 0 Å². The number of alkyl halides is 4. The van der Waals surface area contributed by atoms with Crippen LogP contribution in [0, 0.1) is 0 Å². The highest BCUT2D eigenvalue weighted by Gasteiger charge is 2.07. The van der Waals surface area contributed by atoms with Crippen LogP contribution in [-0.2, 0) is 0 Å². The van der Waals surface area contributed by atoms with Crippen molar-refractivity contribution in [1.82, 2.24) is 0 Å². The van der Waals surface area contributed by atoms with Gasteiger partial charge >= 0.3 is 0 Å². The van der Waals surface area contributed by atoms with Crippen molar-refractivity contribution in [1.29, 1.82) is 0 Å². The summed E-state index contributed by atoms with van der Waals surface area (Å²) in [6.45, 7) is 0. The van der Waals surface area contributed by atoms with Gasteiger partial charge in [-0.15, -0.1) is 0 Å². The predicted octanol–water partition coefficient (Wildman–Crippen LogP) is 2.45. The Morgan fingerprint density at radius 2 is 1.43 bits per heavy atom. The third-order valence-electron chi connectivity index (χ3n) is 0.356. The van der Waals surface area contributed by atoms with E-state index in [-0.39, 0.29) is 0 Å². The topological polar surface area (TPSA) is 0 Å². The Kier molecular flexibility index (Phi) is 3.66. The molecule has 0 saturated heterocycles. The van der Waals surface area contributed by atoms with E-state index in [9.17, 15) is 8.78 Å². The highest BCUT2D eigenvalue weighted by atomic mass is 35.5. The zero-order valence-electron chi connectivity index (χ0n) is 3.37. The lowest BCUT2D eigenvalue weighted by Gasteiger charge is -1.95. The van der Waals surface area contributed by atoms with Crippen LogP contribution in [0.1, 0.15) is 6.42 Å². The minimum atomic E-state index is -1.66. The molecule has 0 amide bonds. The average Bonchev–Trinajstić information content (AvgIpc) is 1.27. The average molecular weight is 149 g/mol. The van der Waals surface area contributed by atoms with Gasteiger partial charge in [0.05, 0.1) is 0 Å². The van der Waals surface area contributed by atoms with Crippen LogP contribution in [0.3, 0.4) is 0 Å². The van der Waals surface area contributed by atoms with Crippen molar-refractivity contribution in [2.45, 2.75) is 17.7 Å². The van der Waals surface area contributed by atoms with Crippen LogP contribution in [0.4, 0.5) is 8.78 Å². The summed E-state index contributed by atoms with van der Waals surface area (Å²) < 4.78 is 22.8. The van der Waals surface area contributed by atoms with Gasteiger partial charge in [0.15, 0.2) is 11.3 Å². The molecular formula is C3H4Cl2F2. The van der Waals surface area contributed by atoms with Crippen molar-refractivity contribution in [3.05, 3.63) is 0 Å². The van der Waals surface area contributed by atoms with Gasteiger partial charge in [-0.2, -0.15) is 0 Å². The summed E-state index contributed by atoms with van der Waals surface area (Å²) in [7, 11) is 0. The van der Waals surface area contributed by atoms with Crippen molar-refractivity contribution in [2.75, 3.05) is 0 Å². The first-order valence-electron chi connectivity index (χ1n) is 1.69. The van der Waals surface area contributed by atoms with Gasteiger partial charge < -0.3 is 0 Å². The lowest BCUT2D eigenvalue weighted by atomic mass is 10.5. The monoisotopic (exact) mass is 148 g/mol. The van der Waals surface area contributed by atoms with Crippen LogP contribution in [0.5, 0.6) is 0 Å². The summed E-state index contributed by atoms with van der Waals surface area (Å²) in [5.74, 6) is 0. The Balaban J connectivity index is 2.95. The second-order valence-electron chi connectivity index (χ2n) is 1.02. The molecule has 0 aromatic carbocycles. The first kappa shape index (κ1) is 7.44. The molecule has 0 N–H and O–H groups in total. The summed E-state index contributed by atoms with van der Waals surface area (Å²) in [6, 6.07) is 0. The highest BCUT2D eigenvalue weighted by molar-refractivity contribution is 6.22. The van der Waals surface area contributed by atoms with Gasteiger partial charge in [0.1, 0.15) is 0 Å². The smallest absolute Gasteiger partial charge is 0.177 e. The summed E-state index contributed by atoms with van der Waals surface area (Å²) in [5, 5.41) is 0. The lowest BCUT2D eigenvalue weighted by Crippen LogP contribution is -1.96. The molecule has 0 saturated carbocycles. The van der Waals surface area contributed by atoms with Gasteiger partial charge in [0.2, 0.25) is 0 Å². The molecule has 0 rings (SSSR count). The van der Waals surface area contributed by atoms with Crippen molar-refractivity contribution < 1.29 is 8.78 Å². The maximum Gasteiger partial charge on any atom is 0.177 e. The zero-order valence-corrected chi connectivity index (χ0v) is 4.89. The summed E-state index contributed by atoms with van der Waals surface area (Å²) in [5.41, 5.74) is -3.32. The normalized spacial score (nSPS) is 18.9.